The van der Waals surface area contributed by atoms with Gasteiger partial charge in [0.05, 0.1) is 24.0 Å². The van der Waals surface area contributed by atoms with Crippen LogP contribution in [-0.4, -0.2) is 60.2 Å². The predicted octanol–water partition coefficient (Wildman–Crippen LogP) is 3.80. The molecule has 0 unspecified atom stereocenters. The first kappa shape index (κ1) is 21.4. The number of alkyl halides is 3. The highest BCUT2D eigenvalue weighted by atomic mass is 19.4. The number of amides is 1. The summed E-state index contributed by atoms with van der Waals surface area (Å²) in [5.74, 6) is 0.0954. The number of ether oxygens (including phenoxy) is 1. The number of likely N-dealkylation sites (N-methyl/N-ethyl adjacent to an activating group) is 1. The van der Waals surface area contributed by atoms with Crippen LogP contribution < -0.4 is 10.6 Å². The maximum atomic E-state index is 13.6. The normalized spacial score (nSPS) is 11.7. The minimum Gasteiger partial charge on any atom is -0.453 e. The van der Waals surface area contributed by atoms with E-state index in [-0.39, 0.29) is 17.2 Å². The van der Waals surface area contributed by atoms with Crippen molar-refractivity contribution in [1.82, 2.24) is 19.9 Å². The van der Waals surface area contributed by atoms with Crippen LogP contribution in [0.3, 0.4) is 0 Å². The van der Waals surface area contributed by atoms with Gasteiger partial charge in [0.2, 0.25) is 5.95 Å². The van der Waals surface area contributed by atoms with Gasteiger partial charge in [-0.1, -0.05) is 12.1 Å². The maximum absolute atomic E-state index is 13.6. The molecule has 2 heterocycles. The molecule has 0 aliphatic carbocycles. The van der Waals surface area contributed by atoms with Crippen molar-refractivity contribution in [3.05, 3.63) is 36.2 Å². The molecule has 0 aliphatic heterocycles. The van der Waals surface area contributed by atoms with Crippen molar-refractivity contribution in [1.29, 1.82) is 0 Å². The third kappa shape index (κ3) is 4.62. The maximum Gasteiger partial charge on any atom is 0.419 e. The summed E-state index contributed by atoms with van der Waals surface area (Å²) in [6.07, 6.45) is -3.13. The number of nitrogens with one attached hydrogen (secondary N) is 3. The van der Waals surface area contributed by atoms with E-state index < -0.39 is 17.8 Å². The molecule has 0 aliphatic rings. The quantitative estimate of drug-likeness (QED) is 0.559. The van der Waals surface area contributed by atoms with Crippen LogP contribution in [0.25, 0.3) is 22.2 Å². The molecule has 1 amide bonds. The molecule has 3 rings (SSSR count). The Hall–Kier alpha value is -3.34. The van der Waals surface area contributed by atoms with Crippen molar-refractivity contribution >= 4 is 28.6 Å². The Bertz CT molecular complexity index is 1050. The average molecular weight is 422 g/mol. The number of para-hydroxylation sites is 1. The summed E-state index contributed by atoms with van der Waals surface area (Å²) in [6, 6.07) is 4.87. The number of rotatable bonds is 6. The summed E-state index contributed by atoms with van der Waals surface area (Å²) >= 11 is 0. The van der Waals surface area contributed by atoms with Crippen molar-refractivity contribution in [2.45, 2.75) is 6.18 Å². The van der Waals surface area contributed by atoms with Crippen LogP contribution in [0.2, 0.25) is 0 Å². The lowest BCUT2D eigenvalue weighted by Crippen LogP contribution is -2.22. The van der Waals surface area contributed by atoms with Crippen molar-refractivity contribution < 1.29 is 22.7 Å². The van der Waals surface area contributed by atoms with E-state index in [2.05, 4.69) is 30.3 Å². The second-order valence-corrected chi connectivity index (χ2v) is 6.73. The summed E-state index contributed by atoms with van der Waals surface area (Å²) in [7, 11) is 4.98. The molecular formula is C19H21F3N6O2. The smallest absolute Gasteiger partial charge is 0.419 e. The molecule has 3 N–H and O–H groups in total. The van der Waals surface area contributed by atoms with E-state index >= 15 is 0 Å². The van der Waals surface area contributed by atoms with Gasteiger partial charge < -0.3 is 19.9 Å². The highest BCUT2D eigenvalue weighted by molar-refractivity contribution is 6.04. The molecule has 0 bridgehead atoms. The van der Waals surface area contributed by atoms with Gasteiger partial charge in [0.15, 0.2) is 0 Å². The fourth-order valence-corrected chi connectivity index (χ4v) is 2.89. The molecule has 0 saturated carbocycles. The molecule has 8 nitrogen and oxygen atoms in total. The third-order valence-electron chi connectivity index (χ3n) is 4.33. The van der Waals surface area contributed by atoms with Gasteiger partial charge in [-0.3, -0.25) is 5.32 Å². The third-order valence-corrected chi connectivity index (χ3v) is 4.33. The first-order valence-electron chi connectivity index (χ1n) is 8.99. The monoisotopic (exact) mass is 422 g/mol. The van der Waals surface area contributed by atoms with E-state index in [4.69, 9.17) is 0 Å². The number of methoxy groups -OCH3 is 1. The molecule has 11 heteroatoms. The number of H-pyrrole nitrogens is 1. The number of aromatic nitrogens is 3. The molecule has 0 spiro atoms. The number of halogens is 3. The average Bonchev–Trinajstić information content (AvgIpc) is 3.11. The second kappa shape index (κ2) is 8.57. The molecule has 30 heavy (non-hydrogen) atoms. The number of nitrogens with zero attached hydrogens (tertiary/aromatic N) is 3. The summed E-state index contributed by atoms with van der Waals surface area (Å²) < 4.78 is 45.5. The highest BCUT2D eigenvalue weighted by Crippen LogP contribution is 2.39. The number of hydrogen-bond donors (Lipinski definition) is 3. The van der Waals surface area contributed by atoms with E-state index in [0.717, 1.165) is 6.20 Å². The minimum atomic E-state index is -4.64. The molecule has 0 radical (unpaired) electrons. The summed E-state index contributed by atoms with van der Waals surface area (Å²) in [6.45, 7) is 1.13. The number of benzene rings is 1. The lowest BCUT2D eigenvalue weighted by atomic mass is 10.1. The summed E-state index contributed by atoms with van der Waals surface area (Å²) in [5.41, 5.74) is -0.146. The Morgan fingerprint density at radius 2 is 2.07 bits per heavy atom. The van der Waals surface area contributed by atoms with Crippen LogP contribution in [-0.2, 0) is 10.9 Å². The Balaban J connectivity index is 2.07. The number of carbonyl (C=O) groups excluding carboxylic acids is 1. The zero-order valence-electron chi connectivity index (χ0n) is 16.6. The first-order chi connectivity index (χ1) is 14.2. The second-order valence-electron chi connectivity index (χ2n) is 6.73. The number of aromatic amines is 1. The lowest BCUT2D eigenvalue weighted by Gasteiger charge is -2.14. The van der Waals surface area contributed by atoms with Crippen molar-refractivity contribution in [3.63, 3.8) is 0 Å². The van der Waals surface area contributed by atoms with Gasteiger partial charge in [0, 0.05) is 36.4 Å². The van der Waals surface area contributed by atoms with E-state index in [1.165, 1.54) is 13.3 Å². The molecule has 0 atom stereocenters. The van der Waals surface area contributed by atoms with Crippen LogP contribution in [0.15, 0.2) is 30.6 Å². The van der Waals surface area contributed by atoms with Crippen molar-refractivity contribution in [2.24, 2.45) is 0 Å². The van der Waals surface area contributed by atoms with Crippen LogP contribution in [0, 0.1) is 0 Å². The predicted molar refractivity (Wildman–Crippen MR) is 107 cm³/mol. The van der Waals surface area contributed by atoms with Gasteiger partial charge in [-0.05, 0) is 20.2 Å². The molecule has 3 aromatic rings. The topological polar surface area (TPSA) is 95.2 Å². The number of anilines is 2. The fourth-order valence-electron chi connectivity index (χ4n) is 2.89. The lowest BCUT2D eigenvalue weighted by molar-refractivity contribution is -0.137. The van der Waals surface area contributed by atoms with Gasteiger partial charge in [-0.15, -0.1) is 0 Å². The Kier molecular flexibility index (Phi) is 6.11. The largest absolute Gasteiger partial charge is 0.453 e. The summed E-state index contributed by atoms with van der Waals surface area (Å²) in [5, 5.41) is 5.93. The highest BCUT2D eigenvalue weighted by Gasteiger charge is 2.36. The summed E-state index contributed by atoms with van der Waals surface area (Å²) in [4.78, 5) is 24.4. The van der Waals surface area contributed by atoms with E-state index in [0.29, 0.717) is 29.7 Å². The first-order valence-corrected chi connectivity index (χ1v) is 8.99. The zero-order valence-corrected chi connectivity index (χ0v) is 16.6. The number of fused-ring (bicyclic) bond motifs is 1. The molecule has 160 valence electrons. The Labute approximate surface area is 170 Å². The van der Waals surface area contributed by atoms with Crippen LogP contribution in [0.4, 0.5) is 29.6 Å². The molecule has 0 fully saturated rings. The van der Waals surface area contributed by atoms with Crippen LogP contribution >= 0.6 is 0 Å². The minimum absolute atomic E-state index is 0.0954. The fraction of sp³-hybridized carbons (Fsp3) is 0.316. The molecular weight excluding hydrogens is 401 g/mol. The Morgan fingerprint density at radius 3 is 2.73 bits per heavy atom. The van der Waals surface area contributed by atoms with E-state index in [9.17, 15) is 18.0 Å². The standard InChI is InChI=1S/C19H21F3N6O2/c1-28(2)8-7-23-17-25-10-13(19(20,21)22)15(27-17)12-9-24-16-11(12)5-4-6-14(16)26-18(29)30-3/h4-6,9-10,24H,7-8H2,1-3H3,(H,26,29)(H,23,25,27). The van der Waals surface area contributed by atoms with E-state index in [1.807, 2.05) is 19.0 Å². The molecule has 0 saturated heterocycles. The molecule has 1 aromatic carbocycles. The Morgan fingerprint density at radius 1 is 1.30 bits per heavy atom. The zero-order chi connectivity index (χ0) is 21.9. The van der Waals surface area contributed by atoms with Gasteiger partial charge in [0.1, 0.15) is 5.56 Å². The van der Waals surface area contributed by atoms with Gasteiger partial charge >= 0.3 is 12.3 Å². The van der Waals surface area contributed by atoms with Gasteiger partial charge in [-0.2, -0.15) is 13.2 Å². The van der Waals surface area contributed by atoms with Crippen molar-refractivity contribution in [2.75, 3.05) is 44.9 Å². The SMILES string of the molecule is COC(=O)Nc1cccc2c(-c3nc(NCCN(C)C)ncc3C(F)(F)F)c[nH]c12. The number of carbonyl (C=O) groups is 1. The van der Waals surface area contributed by atoms with Crippen LogP contribution in [0.1, 0.15) is 5.56 Å². The number of hydrogen-bond acceptors (Lipinski definition) is 6. The van der Waals surface area contributed by atoms with Gasteiger partial charge in [-0.25, -0.2) is 14.8 Å². The van der Waals surface area contributed by atoms with E-state index in [1.54, 1.807) is 18.2 Å². The van der Waals surface area contributed by atoms with Crippen LogP contribution in [0.5, 0.6) is 0 Å². The van der Waals surface area contributed by atoms with Crippen molar-refractivity contribution in [3.8, 4) is 11.3 Å². The van der Waals surface area contributed by atoms with Gasteiger partial charge in [0.25, 0.3) is 0 Å². The molecule has 2 aromatic heterocycles.